The number of para-hydroxylation sites is 1. The number of fused-ring (bicyclic) bond motifs is 1. The molecule has 3 heterocycles. The third kappa shape index (κ3) is 3.35. The second kappa shape index (κ2) is 7.58. The van der Waals surface area contributed by atoms with Gasteiger partial charge in [0.2, 0.25) is 0 Å². The molecular weight excluding hydrogens is 370 g/mol. The molecule has 1 aliphatic heterocycles. The van der Waals surface area contributed by atoms with Gasteiger partial charge in [-0.25, -0.2) is 9.97 Å². The van der Waals surface area contributed by atoms with Crippen LogP contribution in [0.4, 0.5) is 17.3 Å². The topological polar surface area (TPSA) is 104 Å². The van der Waals surface area contributed by atoms with Crippen molar-refractivity contribution in [2.24, 2.45) is 0 Å². The molecule has 0 saturated carbocycles. The summed E-state index contributed by atoms with van der Waals surface area (Å²) in [6, 6.07) is 14.0. The van der Waals surface area contributed by atoms with Crippen molar-refractivity contribution < 1.29 is 0 Å². The summed E-state index contributed by atoms with van der Waals surface area (Å²) in [5, 5.41) is 12.7. The third-order valence-electron chi connectivity index (χ3n) is 4.32. The minimum atomic E-state index is -0.143. The average Bonchev–Trinajstić information content (AvgIpc) is 2.73. The Bertz CT molecular complexity index is 1080. The highest BCUT2D eigenvalue weighted by atomic mass is 32.2. The fourth-order valence-electron chi connectivity index (χ4n) is 2.92. The van der Waals surface area contributed by atoms with Crippen molar-refractivity contribution in [1.82, 2.24) is 15.0 Å². The highest BCUT2D eigenvalue weighted by Crippen LogP contribution is 2.40. The first kappa shape index (κ1) is 17.8. The maximum atomic E-state index is 9.40. The van der Waals surface area contributed by atoms with Gasteiger partial charge in [0, 0.05) is 12.4 Å². The number of hydrogen-bond donors (Lipinski definition) is 2. The van der Waals surface area contributed by atoms with Crippen LogP contribution in [0, 0.1) is 11.3 Å². The van der Waals surface area contributed by atoms with Crippen LogP contribution in [-0.4, -0.2) is 21.0 Å². The number of aromatic nitrogens is 3. The van der Waals surface area contributed by atoms with Crippen LogP contribution in [0.25, 0.3) is 6.08 Å². The normalized spacial score (nSPS) is 13.9. The highest BCUT2D eigenvalue weighted by Gasteiger charge is 2.26. The molecular formula is C20H17N7S. The Morgan fingerprint density at radius 3 is 2.82 bits per heavy atom. The lowest BCUT2D eigenvalue weighted by atomic mass is 10.1. The Balaban J connectivity index is 1.73. The van der Waals surface area contributed by atoms with Gasteiger partial charge in [-0.15, -0.1) is 0 Å². The van der Waals surface area contributed by atoms with E-state index in [0.717, 1.165) is 21.8 Å². The molecule has 0 saturated heterocycles. The van der Waals surface area contributed by atoms with E-state index in [1.165, 1.54) is 6.33 Å². The lowest BCUT2D eigenvalue weighted by Gasteiger charge is -2.33. The molecule has 28 heavy (non-hydrogen) atoms. The van der Waals surface area contributed by atoms with Gasteiger partial charge in [-0.1, -0.05) is 18.2 Å². The number of rotatable bonds is 4. The van der Waals surface area contributed by atoms with Gasteiger partial charge in [-0.3, -0.25) is 9.29 Å². The molecule has 7 nitrogen and oxygen atoms in total. The molecule has 3 aromatic rings. The summed E-state index contributed by atoms with van der Waals surface area (Å²) in [7, 11) is 0. The van der Waals surface area contributed by atoms with Crippen molar-refractivity contribution in [3.8, 4) is 6.07 Å². The Kier molecular flexibility index (Phi) is 4.83. The predicted molar refractivity (Wildman–Crippen MR) is 111 cm³/mol. The van der Waals surface area contributed by atoms with Crippen LogP contribution < -0.4 is 15.4 Å². The van der Waals surface area contributed by atoms with Gasteiger partial charge in [0.25, 0.3) is 0 Å². The number of benzene rings is 1. The fraction of sp³-hybridized carbons (Fsp3) is 0.100. The molecule has 4 rings (SSSR count). The minimum Gasteiger partial charge on any atom is -0.382 e. The zero-order valence-corrected chi connectivity index (χ0v) is 15.9. The lowest BCUT2D eigenvalue weighted by Crippen LogP contribution is -2.30. The largest absolute Gasteiger partial charge is 0.382 e. The van der Waals surface area contributed by atoms with Crippen molar-refractivity contribution in [2.45, 2.75) is 17.9 Å². The number of nitrogens with two attached hydrogens (primary N) is 1. The standard InChI is InChI=1S/C20H17N7S/c1-13(26-20-16(10-21)19(22)24-12-25-20)17-9-14-7-8-23-11-18(14)28-27(17)15-5-3-2-4-6-15/h2-9,11-13H,1H3,(H3,22,24,25,26)/t13-/m0/s1. The van der Waals surface area contributed by atoms with Gasteiger partial charge in [-0.2, -0.15) is 5.26 Å². The number of nitrogens with zero attached hydrogens (tertiary/aromatic N) is 5. The summed E-state index contributed by atoms with van der Waals surface area (Å²) in [4.78, 5) is 13.4. The first-order chi connectivity index (χ1) is 13.7. The maximum Gasteiger partial charge on any atom is 0.150 e. The molecule has 0 aliphatic carbocycles. The summed E-state index contributed by atoms with van der Waals surface area (Å²) in [6.45, 7) is 2.02. The van der Waals surface area contributed by atoms with E-state index in [9.17, 15) is 5.26 Å². The van der Waals surface area contributed by atoms with Gasteiger partial charge in [-0.05, 0) is 48.7 Å². The van der Waals surface area contributed by atoms with E-state index >= 15 is 0 Å². The second-order valence-electron chi connectivity index (χ2n) is 6.16. The zero-order chi connectivity index (χ0) is 19.5. The SMILES string of the molecule is C[C@H](Nc1ncnc(N)c1C#N)C1=Cc2ccncc2SN1c1ccccc1. The molecule has 1 aliphatic rings. The van der Waals surface area contributed by atoms with Crippen molar-refractivity contribution >= 4 is 35.3 Å². The molecule has 0 bridgehead atoms. The smallest absolute Gasteiger partial charge is 0.150 e. The average molecular weight is 387 g/mol. The number of hydrogen-bond acceptors (Lipinski definition) is 8. The molecule has 1 aromatic carbocycles. The number of nitriles is 1. The molecule has 0 unspecified atom stereocenters. The van der Waals surface area contributed by atoms with Gasteiger partial charge >= 0.3 is 0 Å². The molecule has 0 amide bonds. The molecule has 0 radical (unpaired) electrons. The van der Waals surface area contributed by atoms with Crippen molar-refractivity contribution in [2.75, 3.05) is 15.4 Å². The number of anilines is 3. The summed E-state index contributed by atoms with van der Waals surface area (Å²) in [5.41, 5.74) is 9.23. The van der Waals surface area contributed by atoms with Gasteiger partial charge in [0.05, 0.1) is 22.3 Å². The second-order valence-corrected chi connectivity index (χ2v) is 7.15. The Morgan fingerprint density at radius 1 is 1.21 bits per heavy atom. The molecule has 0 spiro atoms. The molecule has 8 heteroatoms. The van der Waals surface area contributed by atoms with Gasteiger partial charge < -0.3 is 11.1 Å². The van der Waals surface area contributed by atoms with E-state index in [1.807, 2.05) is 37.4 Å². The predicted octanol–water partition coefficient (Wildman–Crippen LogP) is 3.69. The zero-order valence-electron chi connectivity index (χ0n) is 15.1. The summed E-state index contributed by atoms with van der Waals surface area (Å²) in [6.07, 6.45) is 7.11. The van der Waals surface area contributed by atoms with E-state index in [4.69, 9.17) is 5.73 Å². The fourth-order valence-corrected chi connectivity index (χ4v) is 4.00. The van der Waals surface area contributed by atoms with Crippen LogP contribution in [0.5, 0.6) is 0 Å². The van der Waals surface area contributed by atoms with Crippen LogP contribution in [0.2, 0.25) is 0 Å². The van der Waals surface area contributed by atoms with Crippen LogP contribution >= 0.6 is 11.9 Å². The molecule has 138 valence electrons. The van der Waals surface area contributed by atoms with E-state index in [2.05, 4.69) is 48.9 Å². The van der Waals surface area contributed by atoms with Crippen molar-refractivity contribution in [3.05, 3.63) is 71.9 Å². The monoisotopic (exact) mass is 387 g/mol. The van der Waals surface area contributed by atoms with Crippen LogP contribution in [0.1, 0.15) is 18.1 Å². The summed E-state index contributed by atoms with van der Waals surface area (Å²) in [5.74, 6) is 0.581. The first-order valence-corrected chi connectivity index (χ1v) is 9.40. The summed E-state index contributed by atoms with van der Waals surface area (Å²) >= 11 is 1.61. The number of nitrogens with one attached hydrogen (secondary N) is 1. The van der Waals surface area contributed by atoms with Crippen LogP contribution in [0.3, 0.4) is 0 Å². The van der Waals surface area contributed by atoms with Gasteiger partial charge in [0.1, 0.15) is 29.6 Å². The minimum absolute atomic E-state index is 0.143. The van der Waals surface area contributed by atoms with E-state index < -0.39 is 0 Å². The third-order valence-corrected chi connectivity index (χ3v) is 5.46. The Hall–Kier alpha value is -3.57. The van der Waals surface area contributed by atoms with Crippen molar-refractivity contribution in [3.63, 3.8) is 0 Å². The van der Waals surface area contributed by atoms with Gasteiger partial charge in [0.15, 0.2) is 0 Å². The summed E-state index contributed by atoms with van der Waals surface area (Å²) < 4.78 is 2.15. The molecule has 3 N–H and O–H groups in total. The van der Waals surface area contributed by atoms with E-state index in [0.29, 0.717) is 5.82 Å². The van der Waals surface area contributed by atoms with E-state index in [1.54, 1.807) is 18.1 Å². The highest BCUT2D eigenvalue weighted by molar-refractivity contribution is 8.01. The van der Waals surface area contributed by atoms with Crippen molar-refractivity contribution in [1.29, 1.82) is 5.26 Å². The molecule has 1 atom stereocenters. The quantitative estimate of drug-likeness (QED) is 0.653. The maximum absolute atomic E-state index is 9.40. The number of pyridine rings is 1. The van der Waals surface area contributed by atoms with Crippen LogP contribution in [-0.2, 0) is 0 Å². The Morgan fingerprint density at radius 2 is 2.04 bits per heavy atom. The number of nitrogen functional groups attached to an aromatic ring is 1. The molecule has 2 aromatic heterocycles. The lowest BCUT2D eigenvalue weighted by molar-refractivity contribution is 0.896. The van der Waals surface area contributed by atoms with E-state index in [-0.39, 0.29) is 17.4 Å². The Labute approximate surface area is 167 Å². The van der Waals surface area contributed by atoms with Crippen LogP contribution in [0.15, 0.2) is 65.7 Å². The molecule has 0 fully saturated rings. The first-order valence-electron chi connectivity index (χ1n) is 8.63.